The number of nitrogens with zero attached hydrogens (tertiary/aromatic N) is 3. The first kappa shape index (κ1) is 13.9. The summed E-state index contributed by atoms with van der Waals surface area (Å²) in [5.41, 5.74) is -0.479. The number of esters is 1. The van der Waals surface area contributed by atoms with E-state index in [9.17, 15) is 14.4 Å². The second-order valence-corrected chi connectivity index (χ2v) is 3.67. The van der Waals surface area contributed by atoms with Gasteiger partial charge in [-0.15, -0.1) is 0 Å². The van der Waals surface area contributed by atoms with Gasteiger partial charge in [0.05, 0.1) is 13.5 Å². The van der Waals surface area contributed by atoms with Crippen LogP contribution in [0.25, 0.3) is 0 Å². The van der Waals surface area contributed by atoms with Crippen LogP contribution >= 0.6 is 0 Å². The zero-order valence-corrected chi connectivity index (χ0v) is 10.3. The second-order valence-electron chi connectivity index (χ2n) is 3.67. The molecule has 0 aliphatic carbocycles. The minimum Gasteiger partial charge on any atom is -0.469 e. The molecule has 0 unspecified atom stereocenters. The van der Waals surface area contributed by atoms with Gasteiger partial charge >= 0.3 is 11.7 Å². The minimum atomic E-state index is -0.479. The lowest BCUT2D eigenvalue weighted by Gasteiger charge is -2.16. The van der Waals surface area contributed by atoms with Gasteiger partial charge in [0.25, 0.3) is 0 Å². The molecule has 98 valence electrons. The molecule has 1 aromatic rings. The maximum absolute atomic E-state index is 11.8. The smallest absolute Gasteiger partial charge is 0.347 e. The van der Waals surface area contributed by atoms with Crippen LogP contribution in [0.2, 0.25) is 0 Å². The van der Waals surface area contributed by atoms with Gasteiger partial charge in [0.15, 0.2) is 0 Å². The number of aromatic nitrogens is 2. The van der Waals surface area contributed by atoms with Crippen LogP contribution in [0.15, 0.2) is 23.3 Å². The van der Waals surface area contributed by atoms with Gasteiger partial charge in [0.2, 0.25) is 5.91 Å². The monoisotopic (exact) mass is 253 g/mol. The summed E-state index contributed by atoms with van der Waals surface area (Å²) >= 11 is 0. The lowest BCUT2D eigenvalue weighted by Crippen LogP contribution is -2.35. The number of methoxy groups -OCH3 is 1. The zero-order valence-electron chi connectivity index (χ0n) is 10.3. The number of hydrogen-bond acceptors (Lipinski definition) is 5. The predicted molar refractivity (Wildman–Crippen MR) is 62.8 cm³/mol. The van der Waals surface area contributed by atoms with Crippen LogP contribution in [-0.2, 0) is 20.9 Å². The summed E-state index contributed by atoms with van der Waals surface area (Å²) in [6.07, 6.45) is 2.98. The average molecular weight is 253 g/mol. The Labute approximate surface area is 104 Å². The van der Waals surface area contributed by atoms with E-state index in [1.54, 1.807) is 13.1 Å². The fraction of sp³-hybridized carbons (Fsp3) is 0.455. The highest BCUT2D eigenvalue weighted by molar-refractivity contribution is 5.76. The van der Waals surface area contributed by atoms with Crippen molar-refractivity contribution < 1.29 is 14.3 Å². The summed E-state index contributed by atoms with van der Waals surface area (Å²) in [5, 5.41) is 0. The van der Waals surface area contributed by atoms with Crippen LogP contribution in [0.4, 0.5) is 0 Å². The van der Waals surface area contributed by atoms with Gasteiger partial charge in [-0.2, -0.15) is 0 Å². The van der Waals surface area contributed by atoms with Gasteiger partial charge in [-0.1, -0.05) is 0 Å². The molecule has 0 aliphatic rings. The van der Waals surface area contributed by atoms with Gasteiger partial charge in [-0.25, -0.2) is 9.78 Å². The molecular formula is C11H15N3O4. The molecule has 0 spiro atoms. The Morgan fingerprint density at radius 3 is 2.83 bits per heavy atom. The standard InChI is InChI=1S/C11H15N3O4/c1-13(7-4-10(16)18-2)9(15)8-14-6-3-5-12-11(14)17/h3,5-6H,4,7-8H2,1-2H3. The number of hydrogen-bond donors (Lipinski definition) is 0. The topological polar surface area (TPSA) is 81.5 Å². The maximum Gasteiger partial charge on any atom is 0.347 e. The van der Waals surface area contributed by atoms with Gasteiger partial charge in [0.1, 0.15) is 6.54 Å². The highest BCUT2D eigenvalue weighted by atomic mass is 16.5. The van der Waals surface area contributed by atoms with Gasteiger partial charge in [-0.3, -0.25) is 14.2 Å². The van der Waals surface area contributed by atoms with Crippen LogP contribution in [0.3, 0.4) is 0 Å². The van der Waals surface area contributed by atoms with Crippen molar-refractivity contribution in [3.8, 4) is 0 Å². The van der Waals surface area contributed by atoms with E-state index < -0.39 is 5.69 Å². The molecule has 1 amide bonds. The molecule has 0 saturated heterocycles. The first-order valence-electron chi connectivity index (χ1n) is 5.37. The Morgan fingerprint density at radius 1 is 1.50 bits per heavy atom. The maximum atomic E-state index is 11.8. The van der Waals surface area contributed by atoms with E-state index in [0.717, 1.165) is 0 Å². The lowest BCUT2D eigenvalue weighted by molar-refractivity contribution is -0.141. The molecule has 0 bridgehead atoms. The molecule has 0 saturated carbocycles. The Balaban J connectivity index is 2.53. The Kier molecular flexibility index (Phi) is 5.04. The van der Waals surface area contributed by atoms with Crippen molar-refractivity contribution in [1.82, 2.24) is 14.5 Å². The molecule has 0 fully saturated rings. The molecule has 0 atom stereocenters. The molecule has 1 heterocycles. The molecule has 0 N–H and O–H groups in total. The Bertz CT molecular complexity index is 483. The molecular weight excluding hydrogens is 238 g/mol. The van der Waals surface area contributed by atoms with E-state index in [4.69, 9.17) is 0 Å². The van der Waals surface area contributed by atoms with E-state index >= 15 is 0 Å². The van der Waals surface area contributed by atoms with Crippen molar-refractivity contribution in [1.29, 1.82) is 0 Å². The van der Waals surface area contributed by atoms with Gasteiger partial charge in [0, 0.05) is 26.0 Å². The third-order valence-electron chi connectivity index (χ3n) is 2.39. The molecule has 7 nitrogen and oxygen atoms in total. The van der Waals surface area contributed by atoms with Gasteiger partial charge < -0.3 is 9.64 Å². The number of likely N-dealkylation sites (N-methyl/N-ethyl adjacent to an activating group) is 1. The van der Waals surface area contributed by atoms with Crippen molar-refractivity contribution in [2.75, 3.05) is 20.7 Å². The largest absolute Gasteiger partial charge is 0.469 e. The normalized spacial score (nSPS) is 9.89. The van der Waals surface area contributed by atoms with E-state index in [-0.39, 0.29) is 31.4 Å². The highest BCUT2D eigenvalue weighted by Gasteiger charge is 2.12. The summed E-state index contributed by atoms with van der Waals surface area (Å²) in [6, 6.07) is 1.57. The van der Waals surface area contributed by atoms with E-state index in [1.807, 2.05) is 0 Å². The van der Waals surface area contributed by atoms with Gasteiger partial charge in [-0.05, 0) is 6.07 Å². The quantitative estimate of drug-likeness (QED) is 0.646. The zero-order chi connectivity index (χ0) is 13.5. The second kappa shape index (κ2) is 6.53. The Morgan fingerprint density at radius 2 is 2.22 bits per heavy atom. The average Bonchev–Trinajstić information content (AvgIpc) is 2.38. The first-order chi connectivity index (χ1) is 8.54. The van der Waals surface area contributed by atoms with Crippen LogP contribution in [0.5, 0.6) is 0 Å². The molecule has 0 aliphatic heterocycles. The summed E-state index contributed by atoms with van der Waals surface area (Å²) < 4.78 is 5.68. The fourth-order valence-electron chi connectivity index (χ4n) is 1.26. The van der Waals surface area contributed by atoms with Crippen molar-refractivity contribution in [3.05, 3.63) is 28.9 Å². The number of rotatable bonds is 5. The fourth-order valence-corrected chi connectivity index (χ4v) is 1.26. The molecule has 7 heteroatoms. The SMILES string of the molecule is COC(=O)CCN(C)C(=O)Cn1cccnc1=O. The summed E-state index contributed by atoms with van der Waals surface area (Å²) in [7, 11) is 2.85. The summed E-state index contributed by atoms with van der Waals surface area (Å²) in [4.78, 5) is 38.9. The van der Waals surface area contributed by atoms with Crippen molar-refractivity contribution in [3.63, 3.8) is 0 Å². The third kappa shape index (κ3) is 4.00. The molecule has 1 aromatic heterocycles. The highest BCUT2D eigenvalue weighted by Crippen LogP contribution is 1.93. The van der Waals surface area contributed by atoms with Crippen LogP contribution in [0.1, 0.15) is 6.42 Å². The number of ether oxygens (including phenoxy) is 1. The summed E-state index contributed by atoms with van der Waals surface area (Å²) in [6.45, 7) is 0.158. The first-order valence-corrected chi connectivity index (χ1v) is 5.37. The number of carbonyl (C=O) groups excluding carboxylic acids is 2. The lowest BCUT2D eigenvalue weighted by atomic mass is 10.4. The third-order valence-corrected chi connectivity index (χ3v) is 2.39. The van der Waals surface area contributed by atoms with Crippen LogP contribution < -0.4 is 5.69 Å². The number of carbonyl (C=O) groups is 2. The molecule has 0 aromatic carbocycles. The van der Waals surface area contributed by atoms with E-state index in [0.29, 0.717) is 0 Å². The van der Waals surface area contributed by atoms with Crippen molar-refractivity contribution in [2.24, 2.45) is 0 Å². The van der Waals surface area contributed by atoms with Crippen molar-refractivity contribution >= 4 is 11.9 Å². The Hall–Kier alpha value is -2.18. The molecule has 18 heavy (non-hydrogen) atoms. The van der Waals surface area contributed by atoms with Crippen LogP contribution in [-0.4, -0.2) is 47.0 Å². The molecule has 1 rings (SSSR count). The van der Waals surface area contributed by atoms with E-state index in [1.165, 1.54) is 29.0 Å². The molecule has 0 radical (unpaired) electrons. The number of amides is 1. The summed E-state index contributed by atoms with van der Waals surface area (Å²) in [5.74, 6) is -0.651. The van der Waals surface area contributed by atoms with E-state index in [2.05, 4.69) is 9.72 Å². The van der Waals surface area contributed by atoms with Crippen molar-refractivity contribution in [2.45, 2.75) is 13.0 Å². The minimum absolute atomic E-state index is 0.0929. The van der Waals surface area contributed by atoms with Crippen LogP contribution in [0, 0.1) is 0 Å². The predicted octanol–water partition coefficient (Wildman–Crippen LogP) is -0.735.